The highest BCUT2D eigenvalue weighted by Gasteiger charge is 2.19. The van der Waals surface area contributed by atoms with Crippen LogP contribution in [-0.4, -0.2) is 18.0 Å². The number of hydrogen-bond acceptors (Lipinski definition) is 5. The first kappa shape index (κ1) is 21.2. The summed E-state index contributed by atoms with van der Waals surface area (Å²) in [6.45, 7) is 0. The van der Waals surface area contributed by atoms with Crippen LogP contribution in [0.15, 0.2) is 66.1 Å². The topological polar surface area (TPSA) is 63.2 Å². The molecule has 2 heterocycles. The summed E-state index contributed by atoms with van der Waals surface area (Å²) >= 11 is 1.60. The van der Waals surface area contributed by atoms with Crippen LogP contribution in [0.2, 0.25) is 0 Å². The molecule has 2 N–H and O–H groups in total. The number of pyridine rings is 1. The SMILES string of the molecule is COc1ccccc1Nc1c2c(nc3ccc(NC(=O)C=Cc4cccs4)cc13)CCCC2. The number of aryl methyl sites for hydroxylation is 1. The molecular formula is C27H25N3O2S. The Morgan fingerprint density at radius 1 is 1.09 bits per heavy atom. The first-order valence-corrected chi connectivity index (χ1v) is 12.0. The van der Waals surface area contributed by atoms with Crippen molar-refractivity contribution in [2.24, 2.45) is 0 Å². The van der Waals surface area contributed by atoms with Crippen molar-refractivity contribution >= 4 is 51.3 Å². The molecule has 33 heavy (non-hydrogen) atoms. The van der Waals surface area contributed by atoms with Crippen LogP contribution >= 0.6 is 11.3 Å². The Morgan fingerprint density at radius 2 is 1.97 bits per heavy atom. The highest BCUT2D eigenvalue weighted by Crippen LogP contribution is 2.38. The second-order valence-corrected chi connectivity index (χ2v) is 8.99. The number of nitrogens with zero attached hydrogens (tertiary/aromatic N) is 1. The summed E-state index contributed by atoms with van der Waals surface area (Å²) in [5, 5.41) is 9.60. The van der Waals surface area contributed by atoms with Gasteiger partial charge in [0.2, 0.25) is 5.91 Å². The number of anilines is 3. The molecule has 1 amide bonds. The quantitative estimate of drug-likeness (QED) is 0.322. The van der Waals surface area contributed by atoms with Crippen molar-refractivity contribution in [3.05, 3.63) is 82.2 Å². The van der Waals surface area contributed by atoms with Gasteiger partial charge < -0.3 is 15.4 Å². The van der Waals surface area contributed by atoms with Crippen LogP contribution in [0.3, 0.4) is 0 Å². The lowest BCUT2D eigenvalue weighted by atomic mass is 9.92. The molecule has 0 spiro atoms. The number of aromatic nitrogens is 1. The Hall–Kier alpha value is -3.64. The summed E-state index contributed by atoms with van der Waals surface area (Å²) in [5.74, 6) is 0.628. The van der Waals surface area contributed by atoms with Gasteiger partial charge >= 0.3 is 0 Å². The average molecular weight is 456 g/mol. The van der Waals surface area contributed by atoms with Gasteiger partial charge in [0, 0.05) is 27.7 Å². The summed E-state index contributed by atoms with van der Waals surface area (Å²) in [7, 11) is 1.68. The Kier molecular flexibility index (Phi) is 6.09. The number of fused-ring (bicyclic) bond motifs is 2. The average Bonchev–Trinajstić information content (AvgIpc) is 3.37. The lowest BCUT2D eigenvalue weighted by Gasteiger charge is -2.22. The molecule has 0 saturated heterocycles. The Morgan fingerprint density at radius 3 is 2.82 bits per heavy atom. The van der Waals surface area contributed by atoms with Crippen molar-refractivity contribution in [3.8, 4) is 5.75 Å². The molecule has 0 unspecified atom stereocenters. The van der Waals surface area contributed by atoms with E-state index in [1.165, 1.54) is 5.56 Å². The van der Waals surface area contributed by atoms with Crippen molar-refractivity contribution in [2.75, 3.05) is 17.7 Å². The fourth-order valence-electron chi connectivity index (χ4n) is 4.25. The molecule has 1 aliphatic rings. The summed E-state index contributed by atoms with van der Waals surface area (Å²) in [4.78, 5) is 18.5. The minimum atomic E-state index is -0.159. The van der Waals surface area contributed by atoms with Gasteiger partial charge in [-0.3, -0.25) is 9.78 Å². The lowest BCUT2D eigenvalue weighted by molar-refractivity contribution is -0.111. The van der Waals surface area contributed by atoms with Gasteiger partial charge in [0.05, 0.1) is 24.0 Å². The first-order chi connectivity index (χ1) is 16.2. The fourth-order valence-corrected chi connectivity index (χ4v) is 4.87. The molecule has 6 heteroatoms. The molecule has 0 aliphatic heterocycles. The fraction of sp³-hybridized carbons (Fsp3) is 0.185. The van der Waals surface area contributed by atoms with Gasteiger partial charge in [0.15, 0.2) is 0 Å². The molecule has 166 valence electrons. The van der Waals surface area contributed by atoms with Gasteiger partial charge in [0.25, 0.3) is 0 Å². The summed E-state index contributed by atoms with van der Waals surface area (Å²) in [5.41, 5.74) is 6.02. The minimum Gasteiger partial charge on any atom is -0.495 e. The molecule has 5 rings (SSSR count). The monoisotopic (exact) mass is 455 g/mol. The van der Waals surface area contributed by atoms with Crippen LogP contribution < -0.4 is 15.4 Å². The predicted octanol–water partition coefficient (Wildman–Crippen LogP) is 6.58. The van der Waals surface area contributed by atoms with Gasteiger partial charge in [-0.1, -0.05) is 18.2 Å². The van der Waals surface area contributed by atoms with E-state index >= 15 is 0 Å². The van der Waals surface area contributed by atoms with E-state index in [1.54, 1.807) is 24.5 Å². The molecule has 2 aromatic heterocycles. The number of para-hydroxylation sites is 2. The highest BCUT2D eigenvalue weighted by atomic mass is 32.1. The van der Waals surface area contributed by atoms with E-state index in [1.807, 2.05) is 66.1 Å². The number of thiophene rings is 1. The van der Waals surface area contributed by atoms with E-state index in [-0.39, 0.29) is 5.91 Å². The summed E-state index contributed by atoms with van der Waals surface area (Å²) < 4.78 is 5.57. The van der Waals surface area contributed by atoms with Crippen LogP contribution in [0.25, 0.3) is 17.0 Å². The normalized spacial score (nSPS) is 13.1. The highest BCUT2D eigenvalue weighted by molar-refractivity contribution is 7.10. The molecule has 0 saturated carbocycles. The second-order valence-electron chi connectivity index (χ2n) is 8.01. The van der Waals surface area contributed by atoms with Crippen LogP contribution in [0.5, 0.6) is 5.75 Å². The standard InChI is InChI=1S/C27H25N3O2S/c1-32-25-11-5-4-10-24(25)30-27-20-8-2-3-9-22(20)29-23-14-12-18(17-21(23)27)28-26(31)15-13-19-7-6-16-33-19/h4-7,10-17H,2-3,8-9H2,1H3,(H,28,31)(H,29,30). The van der Waals surface area contributed by atoms with E-state index < -0.39 is 0 Å². The molecule has 0 fully saturated rings. The molecule has 0 bridgehead atoms. The molecule has 5 nitrogen and oxygen atoms in total. The number of ether oxygens (including phenoxy) is 1. The van der Waals surface area contributed by atoms with E-state index in [2.05, 4.69) is 10.6 Å². The van der Waals surface area contributed by atoms with Crippen LogP contribution in [-0.2, 0) is 17.6 Å². The van der Waals surface area contributed by atoms with Gasteiger partial charge in [0.1, 0.15) is 5.75 Å². The van der Waals surface area contributed by atoms with Crippen LogP contribution in [0, 0.1) is 0 Å². The van der Waals surface area contributed by atoms with Gasteiger partial charge in [-0.05, 0) is 79.1 Å². The molecule has 4 aromatic rings. The number of hydrogen-bond donors (Lipinski definition) is 2. The number of carbonyl (C=O) groups excluding carboxylic acids is 1. The Balaban J connectivity index is 1.52. The van der Waals surface area contributed by atoms with Crippen LogP contribution in [0.1, 0.15) is 29.0 Å². The van der Waals surface area contributed by atoms with Crippen molar-refractivity contribution < 1.29 is 9.53 Å². The van der Waals surface area contributed by atoms with Gasteiger partial charge in [-0.15, -0.1) is 11.3 Å². The van der Waals surface area contributed by atoms with Crippen molar-refractivity contribution in [3.63, 3.8) is 0 Å². The summed E-state index contributed by atoms with van der Waals surface area (Å²) in [6, 6.07) is 17.8. The van der Waals surface area contributed by atoms with E-state index in [9.17, 15) is 4.79 Å². The number of nitrogens with one attached hydrogen (secondary N) is 2. The molecule has 2 aromatic carbocycles. The van der Waals surface area contributed by atoms with Crippen molar-refractivity contribution in [1.29, 1.82) is 0 Å². The molecule has 1 aliphatic carbocycles. The first-order valence-electron chi connectivity index (χ1n) is 11.1. The van der Waals surface area contributed by atoms with Crippen LogP contribution in [0.4, 0.5) is 17.1 Å². The minimum absolute atomic E-state index is 0.159. The third-order valence-corrected chi connectivity index (χ3v) is 6.68. The molecule has 0 radical (unpaired) electrons. The number of amides is 1. The van der Waals surface area contributed by atoms with Gasteiger partial charge in [-0.2, -0.15) is 0 Å². The molecular weight excluding hydrogens is 430 g/mol. The largest absolute Gasteiger partial charge is 0.495 e. The van der Waals surface area contributed by atoms with Gasteiger partial charge in [-0.25, -0.2) is 0 Å². The number of carbonyl (C=O) groups is 1. The smallest absolute Gasteiger partial charge is 0.248 e. The van der Waals surface area contributed by atoms with E-state index in [0.29, 0.717) is 0 Å². The van der Waals surface area contributed by atoms with E-state index in [0.717, 1.165) is 70.0 Å². The van der Waals surface area contributed by atoms with Crippen molar-refractivity contribution in [1.82, 2.24) is 4.98 Å². The molecule has 0 atom stereocenters. The maximum Gasteiger partial charge on any atom is 0.248 e. The van der Waals surface area contributed by atoms with E-state index in [4.69, 9.17) is 9.72 Å². The number of rotatable bonds is 6. The third-order valence-electron chi connectivity index (χ3n) is 5.84. The number of benzene rings is 2. The maximum atomic E-state index is 12.5. The Bertz CT molecular complexity index is 1330. The summed E-state index contributed by atoms with van der Waals surface area (Å²) in [6.07, 6.45) is 7.66. The zero-order chi connectivity index (χ0) is 22.6. The third kappa shape index (κ3) is 4.61. The zero-order valence-electron chi connectivity index (χ0n) is 18.4. The predicted molar refractivity (Wildman–Crippen MR) is 137 cm³/mol. The maximum absolute atomic E-state index is 12.5. The second kappa shape index (κ2) is 9.46. The lowest BCUT2D eigenvalue weighted by Crippen LogP contribution is -2.11. The Labute approximate surface area is 197 Å². The number of methoxy groups -OCH3 is 1. The van der Waals surface area contributed by atoms with Crippen molar-refractivity contribution in [2.45, 2.75) is 25.7 Å². The zero-order valence-corrected chi connectivity index (χ0v) is 19.2.